The molecule has 1 aliphatic carbocycles. The van der Waals surface area contributed by atoms with Crippen LogP contribution in [-0.4, -0.2) is 0 Å². The molecule has 0 aromatic heterocycles. The predicted molar refractivity (Wildman–Crippen MR) is 87.8 cm³/mol. The Balaban J connectivity index is 1.94. The van der Waals surface area contributed by atoms with Crippen LogP contribution in [-0.2, 0) is 0 Å². The molecule has 112 valence electrons. The quantitative estimate of drug-likeness (QED) is 0.774. The van der Waals surface area contributed by atoms with E-state index in [0.717, 1.165) is 5.92 Å². The first-order valence-electron chi connectivity index (χ1n) is 8.44. The van der Waals surface area contributed by atoms with Crippen molar-refractivity contribution in [3.63, 3.8) is 0 Å². The van der Waals surface area contributed by atoms with Gasteiger partial charge in [-0.2, -0.15) is 0 Å². The van der Waals surface area contributed by atoms with Gasteiger partial charge in [-0.1, -0.05) is 62.8 Å². The van der Waals surface area contributed by atoms with E-state index in [-0.39, 0.29) is 6.04 Å². The molecule has 1 atom stereocenters. The van der Waals surface area contributed by atoms with Crippen LogP contribution in [0.5, 0.6) is 0 Å². The SMILES string of the molecule is CCCCC1CCC(C(N)c2cc(C)ccc2C)CC1. The minimum atomic E-state index is 0.238. The van der Waals surface area contributed by atoms with Gasteiger partial charge in [0.2, 0.25) is 0 Å². The van der Waals surface area contributed by atoms with Crippen LogP contribution in [0.2, 0.25) is 0 Å². The summed E-state index contributed by atoms with van der Waals surface area (Å²) in [4.78, 5) is 0. The van der Waals surface area contributed by atoms with Crippen molar-refractivity contribution in [1.82, 2.24) is 0 Å². The standard InChI is InChI=1S/C19H31N/c1-4-5-6-16-9-11-17(12-10-16)19(20)18-13-14(2)7-8-15(18)3/h7-8,13,16-17,19H,4-6,9-12,20H2,1-3H3. The normalized spacial score (nSPS) is 24.6. The first-order chi connectivity index (χ1) is 9.61. The molecule has 1 aliphatic rings. The Bertz CT molecular complexity index is 416. The fourth-order valence-electron chi connectivity index (χ4n) is 3.70. The Morgan fingerprint density at radius 1 is 1.15 bits per heavy atom. The fraction of sp³-hybridized carbons (Fsp3) is 0.684. The molecule has 2 N–H and O–H groups in total. The van der Waals surface area contributed by atoms with Crippen molar-refractivity contribution in [2.45, 2.75) is 71.8 Å². The monoisotopic (exact) mass is 273 g/mol. The zero-order valence-corrected chi connectivity index (χ0v) is 13.5. The van der Waals surface area contributed by atoms with Crippen molar-refractivity contribution in [1.29, 1.82) is 0 Å². The van der Waals surface area contributed by atoms with Crippen LogP contribution >= 0.6 is 0 Å². The highest BCUT2D eigenvalue weighted by atomic mass is 14.7. The van der Waals surface area contributed by atoms with Crippen molar-refractivity contribution in [3.05, 3.63) is 34.9 Å². The molecule has 2 rings (SSSR count). The topological polar surface area (TPSA) is 26.0 Å². The van der Waals surface area contributed by atoms with Crippen LogP contribution in [0.25, 0.3) is 0 Å². The Morgan fingerprint density at radius 3 is 2.50 bits per heavy atom. The molecular weight excluding hydrogens is 242 g/mol. The van der Waals surface area contributed by atoms with Gasteiger partial charge in [-0.25, -0.2) is 0 Å². The Labute approximate surface area is 125 Å². The van der Waals surface area contributed by atoms with Crippen molar-refractivity contribution in [2.75, 3.05) is 0 Å². The summed E-state index contributed by atoms with van der Waals surface area (Å²) in [5.41, 5.74) is 10.7. The molecule has 20 heavy (non-hydrogen) atoms. The molecule has 0 heterocycles. The summed E-state index contributed by atoms with van der Waals surface area (Å²) in [6.07, 6.45) is 9.60. The minimum Gasteiger partial charge on any atom is -0.324 e. The van der Waals surface area contributed by atoms with E-state index in [1.165, 1.54) is 61.6 Å². The van der Waals surface area contributed by atoms with Gasteiger partial charge in [0.25, 0.3) is 0 Å². The van der Waals surface area contributed by atoms with Crippen molar-refractivity contribution < 1.29 is 0 Å². The Morgan fingerprint density at radius 2 is 1.85 bits per heavy atom. The molecule has 1 saturated carbocycles. The van der Waals surface area contributed by atoms with Crippen molar-refractivity contribution in [3.8, 4) is 0 Å². The number of aryl methyl sites for hydroxylation is 2. The molecule has 0 spiro atoms. The first kappa shape index (κ1) is 15.6. The van der Waals surface area contributed by atoms with Gasteiger partial charge >= 0.3 is 0 Å². The van der Waals surface area contributed by atoms with Crippen LogP contribution in [0.15, 0.2) is 18.2 Å². The molecule has 0 radical (unpaired) electrons. The highest BCUT2D eigenvalue weighted by Crippen LogP contribution is 2.38. The van der Waals surface area contributed by atoms with Crippen molar-refractivity contribution >= 4 is 0 Å². The molecular formula is C19H31N. The van der Waals surface area contributed by atoms with E-state index in [9.17, 15) is 0 Å². The van der Waals surface area contributed by atoms with E-state index >= 15 is 0 Å². The van der Waals surface area contributed by atoms with Crippen LogP contribution in [0.1, 0.15) is 74.6 Å². The molecule has 1 aromatic rings. The number of hydrogen-bond acceptors (Lipinski definition) is 1. The molecule has 1 fully saturated rings. The van der Waals surface area contributed by atoms with Gasteiger partial charge in [0, 0.05) is 6.04 Å². The summed E-state index contributed by atoms with van der Waals surface area (Å²) in [7, 11) is 0. The number of unbranched alkanes of at least 4 members (excludes halogenated alkanes) is 1. The summed E-state index contributed by atoms with van der Waals surface area (Å²) in [6.45, 7) is 6.65. The number of hydrogen-bond donors (Lipinski definition) is 1. The van der Waals surface area contributed by atoms with E-state index in [4.69, 9.17) is 5.73 Å². The molecule has 0 aliphatic heterocycles. The molecule has 1 unspecified atom stereocenters. The molecule has 1 heteroatoms. The summed E-state index contributed by atoms with van der Waals surface area (Å²) < 4.78 is 0. The summed E-state index contributed by atoms with van der Waals surface area (Å²) >= 11 is 0. The second-order valence-electron chi connectivity index (χ2n) is 6.81. The third-order valence-electron chi connectivity index (χ3n) is 5.16. The lowest BCUT2D eigenvalue weighted by molar-refractivity contribution is 0.232. The van der Waals surface area contributed by atoms with Gasteiger partial charge in [0.05, 0.1) is 0 Å². The van der Waals surface area contributed by atoms with E-state index in [1.54, 1.807) is 0 Å². The average molecular weight is 273 g/mol. The lowest BCUT2D eigenvalue weighted by Gasteiger charge is -2.33. The maximum Gasteiger partial charge on any atom is 0.0326 e. The smallest absolute Gasteiger partial charge is 0.0326 e. The van der Waals surface area contributed by atoms with Gasteiger partial charge in [0.15, 0.2) is 0 Å². The van der Waals surface area contributed by atoms with Gasteiger partial charge in [-0.15, -0.1) is 0 Å². The maximum absolute atomic E-state index is 6.59. The highest BCUT2D eigenvalue weighted by molar-refractivity contribution is 5.33. The lowest BCUT2D eigenvalue weighted by Crippen LogP contribution is -2.26. The van der Waals surface area contributed by atoms with Gasteiger partial charge < -0.3 is 5.73 Å². The third kappa shape index (κ3) is 3.85. The van der Waals surface area contributed by atoms with Gasteiger partial charge in [-0.05, 0) is 49.7 Å². The zero-order chi connectivity index (χ0) is 14.5. The molecule has 0 bridgehead atoms. The molecule has 1 nitrogen and oxygen atoms in total. The Hall–Kier alpha value is -0.820. The Kier molecular flexibility index (Phi) is 5.65. The lowest BCUT2D eigenvalue weighted by atomic mass is 9.75. The predicted octanol–water partition coefficient (Wildman–Crippen LogP) is 5.30. The van der Waals surface area contributed by atoms with Crippen LogP contribution < -0.4 is 5.73 Å². The van der Waals surface area contributed by atoms with E-state index in [2.05, 4.69) is 39.0 Å². The van der Waals surface area contributed by atoms with Crippen LogP contribution in [0, 0.1) is 25.7 Å². The van der Waals surface area contributed by atoms with E-state index in [1.807, 2.05) is 0 Å². The van der Waals surface area contributed by atoms with Crippen LogP contribution in [0.4, 0.5) is 0 Å². The summed E-state index contributed by atoms with van der Waals surface area (Å²) in [5.74, 6) is 1.66. The minimum absolute atomic E-state index is 0.238. The number of benzene rings is 1. The highest BCUT2D eigenvalue weighted by Gasteiger charge is 2.26. The van der Waals surface area contributed by atoms with Gasteiger partial charge in [-0.3, -0.25) is 0 Å². The summed E-state index contributed by atoms with van der Waals surface area (Å²) in [5, 5.41) is 0. The second-order valence-corrected chi connectivity index (χ2v) is 6.81. The van der Waals surface area contributed by atoms with E-state index in [0.29, 0.717) is 5.92 Å². The second kappa shape index (κ2) is 7.26. The van der Waals surface area contributed by atoms with E-state index < -0.39 is 0 Å². The zero-order valence-electron chi connectivity index (χ0n) is 13.5. The largest absolute Gasteiger partial charge is 0.324 e. The van der Waals surface area contributed by atoms with Crippen molar-refractivity contribution in [2.24, 2.45) is 17.6 Å². The third-order valence-corrected chi connectivity index (χ3v) is 5.16. The molecule has 0 amide bonds. The number of nitrogens with two attached hydrogens (primary N) is 1. The van der Waals surface area contributed by atoms with Gasteiger partial charge in [0.1, 0.15) is 0 Å². The fourth-order valence-corrected chi connectivity index (χ4v) is 3.70. The number of rotatable bonds is 5. The summed E-state index contributed by atoms with van der Waals surface area (Å²) in [6, 6.07) is 6.94. The molecule has 1 aromatic carbocycles. The first-order valence-corrected chi connectivity index (χ1v) is 8.44. The molecule has 0 saturated heterocycles. The average Bonchev–Trinajstić information content (AvgIpc) is 2.47. The maximum atomic E-state index is 6.59. The van der Waals surface area contributed by atoms with Crippen LogP contribution in [0.3, 0.4) is 0 Å².